The van der Waals surface area contributed by atoms with Crippen LogP contribution < -0.4 is 4.72 Å². The summed E-state index contributed by atoms with van der Waals surface area (Å²) in [4.78, 5) is 27.1. The molecular formula is C23H19ClF3N5O4S2. The maximum atomic E-state index is 13.9. The van der Waals surface area contributed by atoms with Gasteiger partial charge in [-0.3, -0.25) is 19.6 Å². The van der Waals surface area contributed by atoms with Gasteiger partial charge in [0.25, 0.3) is 21.4 Å². The Morgan fingerprint density at radius 3 is 2.63 bits per heavy atom. The summed E-state index contributed by atoms with van der Waals surface area (Å²) in [5, 5.41) is 6.69. The lowest BCUT2D eigenvalue weighted by Gasteiger charge is -2.18. The van der Waals surface area contributed by atoms with E-state index in [9.17, 15) is 31.2 Å². The normalized spacial score (nSPS) is 19.6. The van der Waals surface area contributed by atoms with Gasteiger partial charge in [-0.1, -0.05) is 23.7 Å². The summed E-state index contributed by atoms with van der Waals surface area (Å²) in [5.41, 5.74) is 0.285. The first-order valence-electron chi connectivity index (χ1n) is 11.2. The number of carbonyl (C=O) groups excluding carboxylic acids is 2. The molecule has 15 heteroatoms. The smallest absolute Gasteiger partial charge is 0.278 e. The number of benzene rings is 2. The molecule has 9 nitrogen and oxygen atoms in total. The van der Waals surface area contributed by atoms with Crippen molar-refractivity contribution >= 4 is 61.2 Å². The van der Waals surface area contributed by atoms with Crippen LogP contribution in [0.3, 0.4) is 0 Å². The fourth-order valence-corrected chi connectivity index (χ4v) is 6.66. The van der Waals surface area contributed by atoms with Crippen LogP contribution in [0.25, 0.3) is 16.5 Å². The van der Waals surface area contributed by atoms with Gasteiger partial charge in [-0.15, -0.1) is 0 Å². The van der Waals surface area contributed by atoms with E-state index in [1.54, 1.807) is 18.2 Å². The van der Waals surface area contributed by atoms with E-state index in [1.165, 1.54) is 18.3 Å². The van der Waals surface area contributed by atoms with Gasteiger partial charge >= 0.3 is 6.18 Å². The molecule has 2 amide bonds. The number of imide groups is 1. The van der Waals surface area contributed by atoms with Crippen molar-refractivity contribution in [2.24, 2.45) is 0 Å². The number of amides is 2. The van der Waals surface area contributed by atoms with E-state index in [2.05, 4.69) is 14.9 Å². The highest BCUT2D eigenvalue weighted by atomic mass is 35.5. The maximum absolute atomic E-state index is 13.9. The second-order valence-corrected chi connectivity index (χ2v) is 11.7. The van der Waals surface area contributed by atoms with Crippen LogP contribution in [-0.2, 0) is 27.6 Å². The quantitative estimate of drug-likeness (QED) is 0.422. The first-order chi connectivity index (χ1) is 17.9. The number of hydrogen-bond acceptors (Lipinski definition) is 6. The predicted molar refractivity (Wildman–Crippen MR) is 136 cm³/mol. The van der Waals surface area contributed by atoms with Crippen LogP contribution in [0, 0.1) is 0 Å². The van der Waals surface area contributed by atoms with Gasteiger partial charge in [0.15, 0.2) is 0 Å². The highest BCUT2D eigenvalue weighted by Gasteiger charge is 2.40. The van der Waals surface area contributed by atoms with E-state index in [1.807, 2.05) is 0 Å². The molecule has 2 saturated heterocycles. The number of allylic oxidation sites excluding steroid dienone is 1. The van der Waals surface area contributed by atoms with E-state index in [4.69, 9.17) is 11.6 Å². The van der Waals surface area contributed by atoms with Crippen molar-refractivity contribution in [3.63, 3.8) is 0 Å². The molecule has 3 aromatic rings. The van der Waals surface area contributed by atoms with Gasteiger partial charge in [-0.2, -0.15) is 31.0 Å². The number of aromatic amines is 1. The highest BCUT2D eigenvalue weighted by Crippen LogP contribution is 2.41. The fourth-order valence-electron chi connectivity index (χ4n) is 4.33. The molecule has 2 aliphatic heterocycles. The summed E-state index contributed by atoms with van der Waals surface area (Å²) in [6.45, 7) is 0.110. The van der Waals surface area contributed by atoms with E-state index >= 15 is 0 Å². The van der Waals surface area contributed by atoms with Crippen LogP contribution >= 0.6 is 23.4 Å². The zero-order valence-electron chi connectivity index (χ0n) is 19.4. The molecule has 200 valence electrons. The van der Waals surface area contributed by atoms with Crippen LogP contribution in [0.5, 0.6) is 0 Å². The molecule has 3 heterocycles. The molecule has 38 heavy (non-hydrogen) atoms. The molecule has 2 N–H and O–H groups in total. The van der Waals surface area contributed by atoms with Crippen LogP contribution in [0.1, 0.15) is 16.7 Å². The van der Waals surface area contributed by atoms with Crippen molar-refractivity contribution in [3.05, 3.63) is 69.2 Å². The summed E-state index contributed by atoms with van der Waals surface area (Å²) in [6, 6.07) is 8.39. The van der Waals surface area contributed by atoms with E-state index < -0.39 is 33.1 Å². The second kappa shape index (κ2) is 10.0. The second-order valence-electron chi connectivity index (χ2n) is 8.58. The van der Waals surface area contributed by atoms with Crippen LogP contribution in [0.4, 0.5) is 18.0 Å². The number of thioether (sulfide) groups is 1. The summed E-state index contributed by atoms with van der Waals surface area (Å²) in [5.74, 6) is -0.700. The number of carbonyl (C=O) groups is 2. The number of nitrogens with one attached hydrogen (secondary N) is 2. The Balaban J connectivity index is 1.55. The maximum Gasteiger partial charge on any atom is 0.416 e. The van der Waals surface area contributed by atoms with Crippen molar-refractivity contribution < 1.29 is 31.2 Å². The average molecular weight is 586 g/mol. The summed E-state index contributed by atoms with van der Waals surface area (Å²) < 4.78 is 69.1. The zero-order valence-corrected chi connectivity index (χ0v) is 21.8. The summed E-state index contributed by atoms with van der Waals surface area (Å²) in [6.07, 6.45) is -3.47. The third-order valence-electron chi connectivity index (χ3n) is 6.22. The van der Waals surface area contributed by atoms with E-state index in [0.29, 0.717) is 28.2 Å². The number of hydrogen-bond donors (Lipinski definition) is 2. The lowest BCUT2D eigenvalue weighted by molar-refractivity contribution is -0.138. The predicted octanol–water partition coefficient (Wildman–Crippen LogP) is 4.03. The molecule has 1 aromatic heterocycles. The Hall–Kier alpha value is -2.91. The SMILES string of the molecule is O=C1S/C(=C(/Cc2ccc(Cl)cc2C(F)(F)F)c2ccc3[nH]ncc3c2)C(=O)N1CCN1CCNS1(=O)=O. The molecule has 5 rings (SSSR count). The fraction of sp³-hybridized carbons (Fsp3) is 0.261. The molecule has 0 spiro atoms. The van der Waals surface area contributed by atoms with Crippen molar-refractivity contribution in [2.45, 2.75) is 12.6 Å². The molecule has 0 atom stereocenters. The standard InChI is InChI=1S/C23H19ClF3N5O4S2/c24-16-3-1-14(18(11-16)23(25,26)27)10-17(13-2-4-19-15(9-13)12-28-30-19)20-21(33)32(22(34)37-20)8-7-31-6-5-29-38(31,35)36/h1-4,9,11-12,29H,5-8,10H2,(H,28,30)/b20-17-. The number of rotatable bonds is 6. The van der Waals surface area contributed by atoms with E-state index in [0.717, 1.165) is 15.3 Å². The minimum atomic E-state index is -4.70. The van der Waals surface area contributed by atoms with Crippen molar-refractivity contribution in [1.29, 1.82) is 0 Å². The average Bonchev–Trinajstić information content (AvgIpc) is 3.53. The van der Waals surface area contributed by atoms with Crippen LogP contribution in [-0.4, -0.2) is 65.1 Å². The molecule has 2 aromatic carbocycles. The Kier molecular flexibility index (Phi) is 7.02. The monoisotopic (exact) mass is 585 g/mol. The number of nitrogens with zero attached hydrogens (tertiary/aromatic N) is 3. The first-order valence-corrected chi connectivity index (χ1v) is 13.9. The minimum Gasteiger partial charge on any atom is -0.278 e. The van der Waals surface area contributed by atoms with Gasteiger partial charge in [-0.25, -0.2) is 4.72 Å². The highest BCUT2D eigenvalue weighted by molar-refractivity contribution is 8.18. The van der Waals surface area contributed by atoms with Gasteiger partial charge in [-0.05, 0) is 59.1 Å². The van der Waals surface area contributed by atoms with Crippen LogP contribution in [0.2, 0.25) is 5.02 Å². The Bertz CT molecular complexity index is 1590. The van der Waals surface area contributed by atoms with Crippen molar-refractivity contribution in [3.8, 4) is 0 Å². The Morgan fingerprint density at radius 2 is 1.92 bits per heavy atom. The number of H-pyrrole nitrogens is 1. The number of alkyl halides is 3. The van der Waals surface area contributed by atoms with Crippen molar-refractivity contribution in [2.75, 3.05) is 26.2 Å². The van der Waals surface area contributed by atoms with Crippen LogP contribution in [0.15, 0.2) is 47.5 Å². The van der Waals surface area contributed by atoms with Gasteiger partial charge in [0, 0.05) is 36.6 Å². The van der Waals surface area contributed by atoms with Gasteiger partial charge in [0.2, 0.25) is 0 Å². The van der Waals surface area contributed by atoms with Gasteiger partial charge < -0.3 is 0 Å². The molecule has 0 unspecified atom stereocenters. The molecule has 0 bridgehead atoms. The third-order valence-corrected chi connectivity index (χ3v) is 9.08. The van der Waals surface area contributed by atoms with Gasteiger partial charge in [0.1, 0.15) is 0 Å². The molecule has 0 radical (unpaired) electrons. The summed E-state index contributed by atoms with van der Waals surface area (Å²) >= 11 is 6.46. The third kappa shape index (κ3) is 5.18. The minimum absolute atomic E-state index is 0.0247. The summed E-state index contributed by atoms with van der Waals surface area (Å²) in [7, 11) is -3.68. The zero-order chi connectivity index (χ0) is 27.2. The molecule has 0 saturated carbocycles. The number of aromatic nitrogens is 2. The first kappa shape index (κ1) is 26.7. The largest absolute Gasteiger partial charge is 0.416 e. The lowest BCUT2D eigenvalue weighted by atomic mass is 9.93. The van der Waals surface area contributed by atoms with Crippen molar-refractivity contribution in [1.82, 2.24) is 24.1 Å². The Labute approximate surface area is 224 Å². The topological polar surface area (TPSA) is 115 Å². The van der Waals surface area contributed by atoms with E-state index in [-0.39, 0.29) is 53.7 Å². The molecule has 0 aliphatic carbocycles. The molecule has 2 fully saturated rings. The molecular weight excluding hydrogens is 567 g/mol. The molecule has 2 aliphatic rings. The van der Waals surface area contributed by atoms with Gasteiger partial charge in [0.05, 0.1) is 22.2 Å². The lowest BCUT2D eigenvalue weighted by Crippen LogP contribution is -2.39. The Morgan fingerprint density at radius 1 is 1.13 bits per heavy atom. The number of halogens is 4. The number of fused-ring (bicyclic) bond motifs is 1.